The Morgan fingerprint density at radius 3 is 2.35 bits per heavy atom. The van der Waals surface area contributed by atoms with Crippen LogP contribution in [0.25, 0.3) is 0 Å². The van der Waals surface area contributed by atoms with Gasteiger partial charge in [-0.15, -0.1) is 0 Å². The summed E-state index contributed by atoms with van der Waals surface area (Å²) >= 11 is 0. The molecule has 0 aliphatic carbocycles. The van der Waals surface area contributed by atoms with Gasteiger partial charge in [0.25, 0.3) is 0 Å². The van der Waals surface area contributed by atoms with Crippen LogP contribution in [0.15, 0.2) is 38.6 Å². The van der Waals surface area contributed by atoms with E-state index in [9.17, 15) is 21.6 Å². The number of nitrogens with zero attached hydrogens (tertiary/aromatic N) is 2. The van der Waals surface area contributed by atoms with Gasteiger partial charge in [0, 0.05) is 18.3 Å². The van der Waals surface area contributed by atoms with Gasteiger partial charge in [0.2, 0.25) is 26.0 Å². The molecular weight excluding hydrogens is 444 g/mol. The summed E-state index contributed by atoms with van der Waals surface area (Å²) in [6.07, 6.45) is 0.915. The zero-order valence-electron chi connectivity index (χ0n) is 17.7. The average molecular weight is 471 g/mol. The van der Waals surface area contributed by atoms with Crippen LogP contribution in [-0.4, -0.2) is 50.8 Å². The maximum absolute atomic E-state index is 13.1. The molecule has 2 aromatic rings. The SMILES string of the molecule is Cc1noc(C)c1S(=O)(=O)N1CCCC1C(=O)Nc1ccc(S(=O)(=O)NC(C)C)cc1. The molecule has 12 heteroatoms. The quantitative estimate of drug-likeness (QED) is 0.629. The first-order chi connectivity index (χ1) is 14.4. The van der Waals surface area contributed by atoms with E-state index in [0.29, 0.717) is 18.5 Å². The highest BCUT2D eigenvalue weighted by Crippen LogP contribution is 2.30. The number of benzene rings is 1. The Morgan fingerprint density at radius 1 is 1.16 bits per heavy atom. The lowest BCUT2D eigenvalue weighted by molar-refractivity contribution is -0.119. The second-order valence-electron chi connectivity index (χ2n) is 7.72. The van der Waals surface area contributed by atoms with Crippen molar-refractivity contribution in [2.75, 3.05) is 11.9 Å². The minimum absolute atomic E-state index is 0.0144. The van der Waals surface area contributed by atoms with Crippen molar-refractivity contribution >= 4 is 31.6 Å². The van der Waals surface area contributed by atoms with E-state index < -0.39 is 32.0 Å². The summed E-state index contributed by atoms with van der Waals surface area (Å²) in [5.41, 5.74) is 0.616. The standard InChI is InChI=1S/C19H26N4O6S2/c1-12(2)22-30(25,26)16-9-7-15(8-10-16)20-19(24)17-6-5-11-23(17)31(27,28)18-13(3)21-29-14(18)4/h7-10,12,17,22H,5-6,11H2,1-4H3,(H,20,24). The topological polar surface area (TPSA) is 139 Å². The summed E-state index contributed by atoms with van der Waals surface area (Å²) in [6, 6.07) is 4.56. The second kappa shape index (κ2) is 8.69. The molecule has 1 saturated heterocycles. The van der Waals surface area contributed by atoms with Gasteiger partial charge in [0.1, 0.15) is 16.6 Å². The molecule has 0 radical (unpaired) electrons. The number of anilines is 1. The molecule has 1 fully saturated rings. The summed E-state index contributed by atoms with van der Waals surface area (Å²) in [6.45, 7) is 6.70. The Hall–Kier alpha value is -2.28. The van der Waals surface area contributed by atoms with Gasteiger partial charge < -0.3 is 9.84 Å². The van der Waals surface area contributed by atoms with Crippen molar-refractivity contribution in [2.45, 2.75) is 62.4 Å². The summed E-state index contributed by atoms with van der Waals surface area (Å²) in [4.78, 5) is 12.9. The average Bonchev–Trinajstić information content (AvgIpc) is 3.28. The molecule has 0 spiro atoms. The van der Waals surface area contributed by atoms with E-state index in [1.165, 1.54) is 42.4 Å². The monoisotopic (exact) mass is 470 g/mol. The van der Waals surface area contributed by atoms with Gasteiger partial charge in [-0.1, -0.05) is 5.16 Å². The van der Waals surface area contributed by atoms with Crippen LogP contribution >= 0.6 is 0 Å². The van der Waals surface area contributed by atoms with Crippen LogP contribution in [0, 0.1) is 13.8 Å². The van der Waals surface area contributed by atoms with E-state index in [2.05, 4.69) is 15.2 Å². The fourth-order valence-corrected chi connectivity index (χ4v) is 6.77. The molecule has 170 valence electrons. The van der Waals surface area contributed by atoms with Gasteiger partial charge in [-0.2, -0.15) is 4.31 Å². The van der Waals surface area contributed by atoms with Crippen LogP contribution < -0.4 is 10.0 Å². The first kappa shape index (κ1) is 23.4. The fraction of sp³-hybridized carbons (Fsp3) is 0.474. The summed E-state index contributed by atoms with van der Waals surface area (Å²) in [5.74, 6) is -0.306. The number of hydrogen-bond donors (Lipinski definition) is 2. The first-order valence-corrected chi connectivity index (χ1v) is 12.7. The van der Waals surface area contributed by atoms with Crippen molar-refractivity contribution in [1.82, 2.24) is 14.2 Å². The van der Waals surface area contributed by atoms with Gasteiger partial charge in [-0.05, 0) is 64.8 Å². The third kappa shape index (κ3) is 4.81. The molecule has 1 amide bonds. The molecule has 2 heterocycles. The normalized spacial score (nSPS) is 17.9. The van der Waals surface area contributed by atoms with E-state index in [1.807, 2.05) is 0 Å². The summed E-state index contributed by atoms with van der Waals surface area (Å²) in [5, 5.41) is 6.38. The van der Waals surface area contributed by atoms with E-state index in [1.54, 1.807) is 13.8 Å². The molecule has 1 aliphatic heterocycles. The summed E-state index contributed by atoms with van der Waals surface area (Å²) in [7, 11) is -7.60. The summed E-state index contributed by atoms with van der Waals surface area (Å²) < 4.78 is 59.3. The third-order valence-electron chi connectivity index (χ3n) is 4.86. The second-order valence-corrected chi connectivity index (χ2v) is 11.3. The van der Waals surface area contributed by atoms with Crippen molar-refractivity contribution in [3.05, 3.63) is 35.7 Å². The van der Waals surface area contributed by atoms with Crippen molar-refractivity contribution in [3.63, 3.8) is 0 Å². The predicted molar refractivity (Wildman–Crippen MR) is 113 cm³/mol. The van der Waals surface area contributed by atoms with Gasteiger partial charge in [0.15, 0.2) is 5.76 Å². The highest BCUT2D eigenvalue weighted by Gasteiger charge is 2.41. The zero-order chi connectivity index (χ0) is 23.0. The Labute approximate surface area is 182 Å². The molecule has 3 rings (SSSR count). The van der Waals surface area contributed by atoms with Gasteiger partial charge in [-0.3, -0.25) is 4.79 Å². The number of amides is 1. The Balaban J connectivity index is 1.77. The molecule has 10 nitrogen and oxygen atoms in total. The number of hydrogen-bond acceptors (Lipinski definition) is 7. The molecule has 2 N–H and O–H groups in total. The van der Waals surface area contributed by atoms with Crippen molar-refractivity contribution in [3.8, 4) is 0 Å². The Bertz CT molecular complexity index is 1150. The number of rotatable bonds is 7. The maximum Gasteiger partial charge on any atom is 0.249 e. The highest BCUT2D eigenvalue weighted by atomic mass is 32.2. The number of nitrogens with one attached hydrogen (secondary N) is 2. The predicted octanol–water partition coefficient (Wildman–Crippen LogP) is 1.77. The lowest BCUT2D eigenvalue weighted by Crippen LogP contribution is -2.43. The highest BCUT2D eigenvalue weighted by molar-refractivity contribution is 7.89. The largest absolute Gasteiger partial charge is 0.360 e. The van der Waals surface area contributed by atoms with Crippen LogP contribution in [0.5, 0.6) is 0 Å². The lowest BCUT2D eigenvalue weighted by Gasteiger charge is -2.23. The van der Waals surface area contributed by atoms with Crippen LogP contribution in [-0.2, 0) is 24.8 Å². The molecule has 1 aromatic heterocycles. The van der Waals surface area contributed by atoms with Crippen molar-refractivity contribution in [2.24, 2.45) is 0 Å². The number of aromatic nitrogens is 1. The molecule has 31 heavy (non-hydrogen) atoms. The number of carbonyl (C=O) groups excluding carboxylic acids is 1. The molecule has 1 aromatic carbocycles. The zero-order valence-corrected chi connectivity index (χ0v) is 19.4. The van der Waals surface area contributed by atoms with Crippen LogP contribution in [0.3, 0.4) is 0 Å². The van der Waals surface area contributed by atoms with E-state index in [0.717, 1.165) is 0 Å². The smallest absolute Gasteiger partial charge is 0.249 e. The molecule has 1 aliphatic rings. The van der Waals surface area contributed by atoms with Crippen molar-refractivity contribution in [1.29, 1.82) is 0 Å². The molecule has 0 bridgehead atoms. The molecular formula is C19H26N4O6S2. The van der Waals surface area contributed by atoms with Crippen LogP contribution in [0.4, 0.5) is 5.69 Å². The lowest BCUT2D eigenvalue weighted by atomic mass is 10.2. The van der Waals surface area contributed by atoms with Gasteiger partial charge in [0.05, 0.1) is 4.90 Å². The molecule has 1 unspecified atom stereocenters. The minimum Gasteiger partial charge on any atom is -0.360 e. The Morgan fingerprint density at radius 2 is 1.81 bits per heavy atom. The number of aryl methyl sites for hydroxylation is 2. The van der Waals surface area contributed by atoms with Gasteiger partial charge in [-0.25, -0.2) is 21.6 Å². The molecule has 0 saturated carbocycles. The van der Waals surface area contributed by atoms with Crippen LogP contribution in [0.1, 0.15) is 38.1 Å². The van der Waals surface area contributed by atoms with E-state index in [-0.39, 0.29) is 33.8 Å². The number of carbonyl (C=O) groups is 1. The maximum atomic E-state index is 13.1. The van der Waals surface area contributed by atoms with E-state index >= 15 is 0 Å². The van der Waals surface area contributed by atoms with Crippen molar-refractivity contribution < 1.29 is 26.2 Å². The van der Waals surface area contributed by atoms with E-state index in [4.69, 9.17) is 4.52 Å². The minimum atomic E-state index is -3.95. The molecule has 1 atom stereocenters. The first-order valence-electron chi connectivity index (χ1n) is 9.81. The fourth-order valence-electron chi connectivity index (χ4n) is 3.57. The van der Waals surface area contributed by atoms with Crippen LogP contribution in [0.2, 0.25) is 0 Å². The Kier molecular flexibility index (Phi) is 6.56. The van der Waals surface area contributed by atoms with Gasteiger partial charge >= 0.3 is 0 Å². The third-order valence-corrected chi connectivity index (χ3v) is 8.69. The number of sulfonamides is 2.